The first-order valence-corrected chi connectivity index (χ1v) is 5.45. The summed E-state index contributed by atoms with van der Waals surface area (Å²) in [6.07, 6.45) is 1.38. The van der Waals surface area contributed by atoms with Crippen molar-refractivity contribution in [3.05, 3.63) is 47.6 Å². The number of para-hydroxylation sites is 1. The molecule has 0 saturated heterocycles. The van der Waals surface area contributed by atoms with E-state index in [-0.39, 0.29) is 5.75 Å². The zero-order valence-electron chi connectivity index (χ0n) is 8.72. The highest BCUT2D eigenvalue weighted by atomic mass is 35.5. The number of hydrogen-bond donors (Lipinski definition) is 1. The number of nitrogens with zero attached hydrogens (tertiary/aromatic N) is 1. The Labute approximate surface area is 102 Å². The van der Waals surface area contributed by atoms with Crippen LogP contribution in [0, 0.1) is 0 Å². The fourth-order valence-electron chi connectivity index (χ4n) is 1.69. The molecule has 0 aliphatic carbocycles. The number of pyridine rings is 1. The molecule has 0 amide bonds. The molecular formula is C13H8ClNO2. The summed E-state index contributed by atoms with van der Waals surface area (Å²) < 4.78 is 5.65. The Hall–Kier alpha value is -2.00. The van der Waals surface area contributed by atoms with Crippen molar-refractivity contribution in [3.63, 3.8) is 0 Å². The van der Waals surface area contributed by atoms with Gasteiger partial charge >= 0.3 is 0 Å². The van der Waals surface area contributed by atoms with Crippen LogP contribution in [0.25, 0.3) is 22.4 Å². The maximum absolute atomic E-state index is 9.17. The van der Waals surface area contributed by atoms with Crippen LogP contribution in [-0.2, 0) is 0 Å². The molecule has 0 bridgehead atoms. The molecule has 2 aromatic heterocycles. The molecular weight excluding hydrogens is 238 g/mol. The fourth-order valence-corrected chi connectivity index (χ4v) is 1.91. The first kappa shape index (κ1) is 10.2. The molecule has 1 N–H and O–H groups in total. The largest absolute Gasteiger partial charge is 0.506 e. The second-order valence-electron chi connectivity index (χ2n) is 3.67. The van der Waals surface area contributed by atoms with E-state index in [0.717, 1.165) is 5.39 Å². The average Bonchev–Trinajstić information content (AvgIpc) is 2.75. The van der Waals surface area contributed by atoms with Crippen molar-refractivity contribution in [2.45, 2.75) is 0 Å². The van der Waals surface area contributed by atoms with Crippen molar-refractivity contribution in [2.75, 3.05) is 0 Å². The lowest BCUT2D eigenvalue weighted by Crippen LogP contribution is -1.78. The average molecular weight is 246 g/mol. The minimum atomic E-state index is 0.128. The van der Waals surface area contributed by atoms with E-state index in [1.807, 2.05) is 18.2 Å². The number of fused-ring (bicyclic) bond motifs is 1. The van der Waals surface area contributed by atoms with Gasteiger partial charge in [-0.1, -0.05) is 23.7 Å². The molecule has 0 aliphatic rings. The molecule has 4 heteroatoms. The van der Waals surface area contributed by atoms with Crippen LogP contribution in [0.3, 0.4) is 0 Å². The quantitative estimate of drug-likeness (QED) is 0.708. The number of aromatic nitrogens is 1. The predicted octanol–water partition coefficient (Wildman–Crippen LogP) is 3.85. The lowest BCUT2D eigenvalue weighted by atomic mass is 10.2. The van der Waals surface area contributed by atoms with E-state index in [4.69, 9.17) is 16.0 Å². The normalized spacial score (nSPS) is 10.9. The van der Waals surface area contributed by atoms with Crippen LogP contribution < -0.4 is 0 Å². The Balaban J connectivity index is 2.18. The Morgan fingerprint density at radius 1 is 1.18 bits per heavy atom. The molecule has 0 atom stereocenters. The third-order valence-corrected chi connectivity index (χ3v) is 2.79. The lowest BCUT2D eigenvalue weighted by molar-refractivity contribution is 0.472. The first-order valence-electron chi connectivity index (χ1n) is 5.07. The summed E-state index contributed by atoms with van der Waals surface area (Å²) in [5.41, 5.74) is 1.31. The number of benzene rings is 1. The zero-order chi connectivity index (χ0) is 11.8. The monoisotopic (exact) mass is 245 g/mol. The van der Waals surface area contributed by atoms with Crippen molar-refractivity contribution in [3.8, 4) is 17.2 Å². The lowest BCUT2D eigenvalue weighted by Gasteiger charge is -1.95. The van der Waals surface area contributed by atoms with Gasteiger partial charge in [0.2, 0.25) is 0 Å². The van der Waals surface area contributed by atoms with Gasteiger partial charge in [0.25, 0.3) is 0 Å². The number of rotatable bonds is 1. The van der Waals surface area contributed by atoms with Crippen molar-refractivity contribution in [2.24, 2.45) is 0 Å². The topological polar surface area (TPSA) is 46.3 Å². The molecule has 2 heterocycles. The molecule has 3 rings (SSSR count). The van der Waals surface area contributed by atoms with Crippen LogP contribution in [0.5, 0.6) is 5.75 Å². The second-order valence-corrected chi connectivity index (χ2v) is 4.08. The molecule has 3 aromatic rings. The zero-order valence-corrected chi connectivity index (χ0v) is 9.48. The highest BCUT2D eigenvalue weighted by Crippen LogP contribution is 2.31. The SMILES string of the molecule is Oc1ccc(-c2cc3cccc(Cl)c3o2)nc1. The predicted molar refractivity (Wildman–Crippen MR) is 66.1 cm³/mol. The molecule has 1 aromatic carbocycles. The Kier molecular flexibility index (Phi) is 2.27. The molecule has 3 nitrogen and oxygen atoms in total. The molecule has 17 heavy (non-hydrogen) atoms. The first-order chi connectivity index (χ1) is 8.24. The summed E-state index contributed by atoms with van der Waals surface area (Å²) in [4.78, 5) is 4.09. The van der Waals surface area contributed by atoms with E-state index >= 15 is 0 Å². The van der Waals surface area contributed by atoms with Gasteiger partial charge in [0.15, 0.2) is 11.3 Å². The summed E-state index contributed by atoms with van der Waals surface area (Å²) >= 11 is 6.03. The second kappa shape index (κ2) is 3.79. The molecule has 0 fully saturated rings. The van der Waals surface area contributed by atoms with Gasteiger partial charge in [-0.05, 0) is 24.3 Å². The van der Waals surface area contributed by atoms with Gasteiger partial charge in [-0.25, -0.2) is 4.98 Å². The molecule has 0 unspecified atom stereocenters. The molecule has 0 spiro atoms. The van der Waals surface area contributed by atoms with Gasteiger partial charge in [-0.3, -0.25) is 0 Å². The van der Waals surface area contributed by atoms with Gasteiger partial charge in [0, 0.05) is 5.39 Å². The summed E-state index contributed by atoms with van der Waals surface area (Å²) in [5.74, 6) is 0.760. The van der Waals surface area contributed by atoms with Crippen molar-refractivity contribution >= 4 is 22.6 Å². The van der Waals surface area contributed by atoms with Gasteiger partial charge in [-0.15, -0.1) is 0 Å². The Morgan fingerprint density at radius 2 is 2.06 bits per heavy atom. The van der Waals surface area contributed by atoms with Crippen LogP contribution in [0.1, 0.15) is 0 Å². The minimum Gasteiger partial charge on any atom is -0.506 e. The third-order valence-electron chi connectivity index (χ3n) is 2.50. The minimum absolute atomic E-state index is 0.128. The van der Waals surface area contributed by atoms with Crippen molar-refractivity contribution < 1.29 is 9.52 Å². The van der Waals surface area contributed by atoms with Crippen molar-refractivity contribution in [1.29, 1.82) is 0 Å². The summed E-state index contributed by atoms with van der Waals surface area (Å²) in [7, 11) is 0. The third kappa shape index (κ3) is 1.74. The van der Waals surface area contributed by atoms with Crippen molar-refractivity contribution in [1.82, 2.24) is 4.98 Å². The maximum atomic E-state index is 9.17. The van der Waals surface area contributed by atoms with E-state index in [0.29, 0.717) is 22.1 Å². The molecule has 0 aliphatic heterocycles. The van der Waals surface area contributed by atoms with Gasteiger partial charge < -0.3 is 9.52 Å². The summed E-state index contributed by atoms with van der Waals surface area (Å²) in [6.45, 7) is 0. The molecule has 0 saturated carbocycles. The van der Waals surface area contributed by atoms with Crippen LogP contribution in [0.4, 0.5) is 0 Å². The highest BCUT2D eigenvalue weighted by Gasteiger charge is 2.09. The van der Waals surface area contributed by atoms with E-state index in [1.54, 1.807) is 18.2 Å². The van der Waals surface area contributed by atoms with Gasteiger partial charge in [0.1, 0.15) is 11.4 Å². The van der Waals surface area contributed by atoms with Gasteiger partial charge in [0.05, 0.1) is 11.2 Å². The standard InChI is InChI=1S/C13H8ClNO2/c14-10-3-1-2-8-6-12(17-13(8)10)11-5-4-9(16)7-15-11/h1-7,16H. The Morgan fingerprint density at radius 3 is 2.76 bits per heavy atom. The number of furan rings is 1. The van der Waals surface area contributed by atoms with E-state index in [9.17, 15) is 5.11 Å². The number of hydrogen-bond acceptors (Lipinski definition) is 3. The summed E-state index contributed by atoms with van der Waals surface area (Å²) in [5, 5.41) is 10.7. The summed E-state index contributed by atoms with van der Waals surface area (Å²) in [6, 6.07) is 10.7. The van der Waals surface area contributed by atoms with E-state index < -0.39 is 0 Å². The number of halogens is 1. The molecule has 0 radical (unpaired) electrons. The van der Waals surface area contributed by atoms with E-state index in [1.165, 1.54) is 6.20 Å². The molecule has 84 valence electrons. The number of aromatic hydroxyl groups is 1. The smallest absolute Gasteiger partial charge is 0.153 e. The van der Waals surface area contributed by atoms with E-state index in [2.05, 4.69) is 4.98 Å². The van der Waals surface area contributed by atoms with Crippen LogP contribution in [-0.4, -0.2) is 10.1 Å². The van der Waals surface area contributed by atoms with Crippen LogP contribution in [0.15, 0.2) is 47.0 Å². The highest BCUT2D eigenvalue weighted by molar-refractivity contribution is 6.34. The fraction of sp³-hybridized carbons (Fsp3) is 0. The van der Waals surface area contributed by atoms with Crippen LogP contribution in [0.2, 0.25) is 5.02 Å². The maximum Gasteiger partial charge on any atom is 0.153 e. The van der Waals surface area contributed by atoms with Gasteiger partial charge in [-0.2, -0.15) is 0 Å². The Bertz CT molecular complexity index is 673. The van der Waals surface area contributed by atoms with Crippen LogP contribution >= 0.6 is 11.6 Å².